The van der Waals surface area contributed by atoms with Crippen LogP contribution < -0.4 is 15.1 Å². The average molecular weight is 369 g/mol. The number of nitrogens with one attached hydrogen (secondary N) is 1. The maximum Gasteiger partial charge on any atom is 0.247 e. The first-order chi connectivity index (χ1) is 12.8. The summed E-state index contributed by atoms with van der Waals surface area (Å²) >= 11 is 6.02. The van der Waals surface area contributed by atoms with Crippen LogP contribution in [-0.2, 0) is 0 Å². The third-order valence-corrected chi connectivity index (χ3v) is 4.28. The Bertz CT molecular complexity index is 867. The SMILES string of the molecule is Clc1cccc(Nc2cnnc(N3CCN(c4ncccn4)CC3)n2)c1. The zero-order valence-electron chi connectivity index (χ0n) is 14.0. The van der Waals surface area contributed by atoms with Gasteiger partial charge in [-0.1, -0.05) is 17.7 Å². The van der Waals surface area contributed by atoms with Crippen molar-refractivity contribution in [2.75, 3.05) is 41.3 Å². The quantitative estimate of drug-likeness (QED) is 0.751. The van der Waals surface area contributed by atoms with Crippen molar-refractivity contribution < 1.29 is 0 Å². The summed E-state index contributed by atoms with van der Waals surface area (Å²) in [5.74, 6) is 1.99. The van der Waals surface area contributed by atoms with Crippen molar-refractivity contribution in [1.82, 2.24) is 25.1 Å². The summed E-state index contributed by atoms with van der Waals surface area (Å²) < 4.78 is 0. The molecule has 1 fully saturated rings. The topological polar surface area (TPSA) is 83.0 Å². The Kier molecular flexibility index (Phi) is 4.74. The molecule has 0 amide bonds. The molecule has 26 heavy (non-hydrogen) atoms. The zero-order valence-corrected chi connectivity index (χ0v) is 14.7. The van der Waals surface area contributed by atoms with Gasteiger partial charge < -0.3 is 15.1 Å². The van der Waals surface area contributed by atoms with E-state index in [-0.39, 0.29) is 0 Å². The second-order valence-corrected chi connectivity index (χ2v) is 6.24. The van der Waals surface area contributed by atoms with Gasteiger partial charge in [-0.2, -0.15) is 10.1 Å². The number of hydrogen-bond acceptors (Lipinski definition) is 8. The molecule has 1 saturated heterocycles. The van der Waals surface area contributed by atoms with E-state index in [1.807, 2.05) is 30.3 Å². The molecular weight excluding hydrogens is 352 g/mol. The molecule has 1 aliphatic rings. The number of rotatable bonds is 4. The van der Waals surface area contributed by atoms with Crippen LogP contribution >= 0.6 is 11.6 Å². The smallest absolute Gasteiger partial charge is 0.247 e. The molecule has 8 nitrogen and oxygen atoms in total. The fraction of sp³-hybridized carbons (Fsp3) is 0.235. The monoisotopic (exact) mass is 368 g/mol. The van der Waals surface area contributed by atoms with Gasteiger partial charge in [-0.05, 0) is 24.3 Å². The van der Waals surface area contributed by atoms with Gasteiger partial charge in [0.25, 0.3) is 0 Å². The highest BCUT2D eigenvalue weighted by atomic mass is 35.5. The Balaban J connectivity index is 1.43. The number of anilines is 4. The van der Waals surface area contributed by atoms with Crippen LogP contribution in [0.1, 0.15) is 0 Å². The second kappa shape index (κ2) is 7.49. The molecule has 3 aromatic rings. The van der Waals surface area contributed by atoms with Crippen molar-refractivity contribution in [2.45, 2.75) is 0 Å². The molecule has 1 aliphatic heterocycles. The minimum atomic E-state index is 0.602. The molecule has 0 spiro atoms. The molecule has 0 unspecified atom stereocenters. The molecule has 9 heteroatoms. The van der Waals surface area contributed by atoms with E-state index in [1.165, 1.54) is 0 Å². The fourth-order valence-electron chi connectivity index (χ4n) is 2.76. The highest BCUT2D eigenvalue weighted by molar-refractivity contribution is 6.30. The summed E-state index contributed by atoms with van der Waals surface area (Å²) in [6.45, 7) is 3.17. The Morgan fingerprint density at radius 3 is 2.38 bits per heavy atom. The third kappa shape index (κ3) is 3.80. The number of benzene rings is 1. The lowest BCUT2D eigenvalue weighted by Gasteiger charge is -2.34. The second-order valence-electron chi connectivity index (χ2n) is 5.80. The molecule has 132 valence electrons. The minimum absolute atomic E-state index is 0.602. The molecule has 0 radical (unpaired) electrons. The molecule has 1 aromatic carbocycles. The predicted octanol–water partition coefficient (Wildman–Crippen LogP) is 2.39. The van der Waals surface area contributed by atoms with Crippen LogP contribution in [0.3, 0.4) is 0 Å². The molecule has 0 bridgehead atoms. The molecule has 4 rings (SSSR count). The van der Waals surface area contributed by atoms with Crippen LogP contribution in [0.4, 0.5) is 23.4 Å². The van der Waals surface area contributed by atoms with E-state index in [4.69, 9.17) is 11.6 Å². The molecule has 3 heterocycles. The maximum atomic E-state index is 6.02. The van der Waals surface area contributed by atoms with Gasteiger partial charge in [0.1, 0.15) is 0 Å². The van der Waals surface area contributed by atoms with E-state index in [0.717, 1.165) is 37.8 Å². The normalized spacial score (nSPS) is 14.3. The first-order valence-corrected chi connectivity index (χ1v) is 8.65. The van der Waals surface area contributed by atoms with Gasteiger partial charge in [-0.3, -0.25) is 0 Å². The summed E-state index contributed by atoms with van der Waals surface area (Å²) in [6.07, 6.45) is 5.11. The summed E-state index contributed by atoms with van der Waals surface area (Å²) in [5.41, 5.74) is 0.856. The van der Waals surface area contributed by atoms with Crippen LogP contribution in [0, 0.1) is 0 Å². The van der Waals surface area contributed by atoms with Crippen molar-refractivity contribution >= 4 is 35.0 Å². The maximum absolute atomic E-state index is 6.02. The van der Waals surface area contributed by atoms with Gasteiger partial charge in [-0.25, -0.2) is 9.97 Å². The van der Waals surface area contributed by atoms with Gasteiger partial charge in [0.2, 0.25) is 11.9 Å². The molecular formula is C17H17ClN8. The molecule has 0 atom stereocenters. The van der Waals surface area contributed by atoms with Crippen molar-refractivity contribution in [3.8, 4) is 0 Å². The molecule has 1 N–H and O–H groups in total. The van der Waals surface area contributed by atoms with E-state index in [1.54, 1.807) is 18.6 Å². The highest BCUT2D eigenvalue weighted by Crippen LogP contribution is 2.20. The van der Waals surface area contributed by atoms with Gasteiger partial charge in [0.15, 0.2) is 5.82 Å². The van der Waals surface area contributed by atoms with Crippen LogP contribution in [0.15, 0.2) is 48.9 Å². The number of halogens is 1. The van der Waals surface area contributed by atoms with E-state index in [9.17, 15) is 0 Å². The van der Waals surface area contributed by atoms with Crippen molar-refractivity contribution in [1.29, 1.82) is 0 Å². The van der Waals surface area contributed by atoms with Crippen LogP contribution in [-0.4, -0.2) is 51.3 Å². The predicted molar refractivity (Wildman–Crippen MR) is 101 cm³/mol. The number of piperazine rings is 1. The van der Waals surface area contributed by atoms with Gasteiger partial charge in [0.05, 0.1) is 6.20 Å². The highest BCUT2D eigenvalue weighted by Gasteiger charge is 2.21. The number of nitrogens with zero attached hydrogens (tertiary/aromatic N) is 7. The number of aromatic nitrogens is 5. The molecule has 0 aliphatic carbocycles. The fourth-order valence-corrected chi connectivity index (χ4v) is 2.95. The van der Waals surface area contributed by atoms with Gasteiger partial charge in [0, 0.05) is 49.3 Å². The minimum Gasteiger partial charge on any atom is -0.339 e. The van der Waals surface area contributed by atoms with Crippen molar-refractivity contribution in [3.63, 3.8) is 0 Å². The lowest BCUT2D eigenvalue weighted by Crippen LogP contribution is -2.47. The molecule has 0 saturated carbocycles. The van der Waals surface area contributed by atoms with Crippen LogP contribution in [0.25, 0.3) is 0 Å². The standard InChI is InChI=1S/C17H17ClN8/c18-13-3-1-4-14(11-13)22-15-12-21-24-17(23-15)26-9-7-25(8-10-26)16-19-5-2-6-20-16/h1-6,11-12H,7-10H2,(H,22,23,24). The molecule has 2 aromatic heterocycles. The van der Waals surface area contributed by atoms with Crippen LogP contribution in [0.2, 0.25) is 5.02 Å². The van der Waals surface area contributed by atoms with Crippen molar-refractivity contribution in [3.05, 3.63) is 53.9 Å². The Morgan fingerprint density at radius 2 is 1.65 bits per heavy atom. The zero-order chi connectivity index (χ0) is 17.8. The van der Waals surface area contributed by atoms with Gasteiger partial charge >= 0.3 is 0 Å². The summed E-state index contributed by atoms with van der Waals surface area (Å²) in [5, 5.41) is 12.1. The van der Waals surface area contributed by atoms with E-state index < -0.39 is 0 Å². The number of hydrogen-bond donors (Lipinski definition) is 1. The average Bonchev–Trinajstić information content (AvgIpc) is 2.69. The van der Waals surface area contributed by atoms with E-state index in [2.05, 4.69) is 40.3 Å². The lowest BCUT2D eigenvalue weighted by molar-refractivity contribution is 0.624. The Labute approximate surface area is 155 Å². The van der Waals surface area contributed by atoms with Gasteiger partial charge in [-0.15, -0.1) is 5.10 Å². The summed E-state index contributed by atoms with van der Waals surface area (Å²) in [4.78, 5) is 17.4. The largest absolute Gasteiger partial charge is 0.339 e. The van der Waals surface area contributed by atoms with E-state index >= 15 is 0 Å². The Hall–Kier alpha value is -3.00. The lowest BCUT2D eigenvalue weighted by atomic mass is 10.3. The summed E-state index contributed by atoms with van der Waals surface area (Å²) in [7, 11) is 0. The first kappa shape index (κ1) is 16.5. The summed E-state index contributed by atoms with van der Waals surface area (Å²) in [6, 6.07) is 9.28. The Morgan fingerprint density at radius 1 is 0.923 bits per heavy atom. The van der Waals surface area contributed by atoms with E-state index in [0.29, 0.717) is 16.8 Å². The van der Waals surface area contributed by atoms with Crippen molar-refractivity contribution in [2.24, 2.45) is 0 Å². The van der Waals surface area contributed by atoms with Crippen LogP contribution in [0.5, 0.6) is 0 Å². The first-order valence-electron chi connectivity index (χ1n) is 8.27. The third-order valence-electron chi connectivity index (χ3n) is 4.04.